The van der Waals surface area contributed by atoms with Gasteiger partial charge in [0.15, 0.2) is 0 Å². The predicted molar refractivity (Wildman–Crippen MR) is 65.2 cm³/mol. The lowest BCUT2D eigenvalue weighted by atomic mass is 10.2. The van der Waals surface area contributed by atoms with E-state index in [-0.39, 0.29) is 0 Å². The fraction of sp³-hybridized carbons (Fsp3) is 0.182. The zero-order valence-electron chi connectivity index (χ0n) is 9.22. The molecule has 2 rings (SSSR count). The monoisotopic (exact) mass is 250 g/mol. The lowest BCUT2D eigenvalue weighted by Gasteiger charge is -2.06. The summed E-state index contributed by atoms with van der Waals surface area (Å²) in [4.78, 5) is 12.0. The van der Waals surface area contributed by atoms with Crippen molar-refractivity contribution in [3.8, 4) is 5.88 Å². The number of hydrogen-bond acceptors (Lipinski definition) is 5. The van der Waals surface area contributed by atoms with Gasteiger partial charge in [-0.1, -0.05) is 11.6 Å². The molecule has 5 nitrogen and oxygen atoms in total. The summed E-state index contributed by atoms with van der Waals surface area (Å²) in [5, 5.41) is 3.47. The summed E-state index contributed by atoms with van der Waals surface area (Å²) in [5.74, 6) is 1.22. The number of rotatable bonds is 4. The molecule has 17 heavy (non-hydrogen) atoms. The number of pyridine rings is 1. The molecule has 0 saturated heterocycles. The Hall–Kier alpha value is -1.88. The molecule has 0 aromatic carbocycles. The molecule has 0 saturated carbocycles. The van der Waals surface area contributed by atoms with Gasteiger partial charge in [-0.2, -0.15) is 0 Å². The fourth-order valence-corrected chi connectivity index (χ4v) is 1.44. The minimum atomic E-state index is 0.363. The van der Waals surface area contributed by atoms with Gasteiger partial charge in [-0.25, -0.2) is 9.97 Å². The van der Waals surface area contributed by atoms with Crippen LogP contribution in [0.25, 0.3) is 0 Å². The summed E-state index contributed by atoms with van der Waals surface area (Å²) in [6.45, 7) is 0.605. The Kier molecular flexibility index (Phi) is 3.72. The van der Waals surface area contributed by atoms with Gasteiger partial charge < -0.3 is 10.1 Å². The second-order valence-corrected chi connectivity index (χ2v) is 3.67. The third-order valence-electron chi connectivity index (χ3n) is 2.09. The van der Waals surface area contributed by atoms with Crippen LogP contribution in [0.4, 0.5) is 5.82 Å². The van der Waals surface area contributed by atoms with Crippen molar-refractivity contribution in [3.05, 3.63) is 41.4 Å². The molecular weight excluding hydrogens is 240 g/mol. The van der Waals surface area contributed by atoms with E-state index in [9.17, 15) is 0 Å². The van der Waals surface area contributed by atoms with Crippen molar-refractivity contribution in [1.82, 2.24) is 15.0 Å². The summed E-state index contributed by atoms with van der Waals surface area (Å²) in [6, 6.07) is 3.75. The number of nitrogens with zero attached hydrogens (tertiary/aromatic N) is 3. The minimum Gasteiger partial charge on any atom is -0.481 e. The first-order chi connectivity index (χ1) is 8.28. The molecule has 88 valence electrons. The van der Waals surface area contributed by atoms with Crippen LogP contribution in [-0.4, -0.2) is 22.1 Å². The van der Waals surface area contributed by atoms with Crippen molar-refractivity contribution < 1.29 is 4.74 Å². The maximum absolute atomic E-state index is 5.73. The minimum absolute atomic E-state index is 0.363. The standard InChI is InChI=1S/C11H11ClN4O/c1-17-11-4-8(2-3-14-11)5-15-10-7-13-6-9(12)16-10/h2-4,6-7H,5H2,1H3,(H,15,16). The summed E-state index contributed by atoms with van der Waals surface area (Å²) in [6.07, 6.45) is 4.80. The van der Waals surface area contributed by atoms with Crippen LogP contribution in [-0.2, 0) is 6.54 Å². The molecule has 0 aliphatic carbocycles. The van der Waals surface area contributed by atoms with E-state index in [1.165, 1.54) is 6.20 Å². The molecule has 0 fully saturated rings. The van der Waals surface area contributed by atoms with Gasteiger partial charge in [0.2, 0.25) is 5.88 Å². The lowest BCUT2D eigenvalue weighted by Crippen LogP contribution is -2.02. The van der Waals surface area contributed by atoms with Crippen LogP contribution >= 0.6 is 11.6 Å². The molecule has 0 bridgehead atoms. The average molecular weight is 251 g/mol. The Balaban J connectivity index is 2.02. The third-order valence-corrected chi connectivity index (χ3v) is 2.27. The molecule has 1 N–H and O–H groups in total. The zero-order chi connectivity index (χ0) is 12.1. The van der Waals surface area contributed by atoms with E-state index in [1.54, 1.807) is 19.5 Å². The average Bonchev–Trinajstić information content (AvgIpc) is 2.37. The second kappa shape index (κ2) is 5.45. The third kappa shape index (κ3) is 3.29. The van der Waals surface area contributed by atoms with Gasteiger partial charge in [0.25, 0.3) is 0 Å². The molecule has 0 radical (unpaired) electrons. The number of ether oxygens (including phenoxy) is 1. The molecule has 0 aliphatic rings. The van der Waals surface area contributed by atoms with Crippen LogP contribution in [0.3, 0.4) is 0 Å². The summed E-state index contributed by atoms with van der Waals surface area (Å²) in [7, 11) is 1.59. The lowest BCUT2D eigenvalue weighted by molar-refractivity contribution is 0.397. The summed E-state index contributed by atoms with van der Waals surface area (Å²) >= 11 is 5.73. The normalized spacial score (nSPS) is 10.0. The smallest absolute Gasteiger partial charge is 0.213 e. The summed E-state index contributed by atoms with van der Waals surface area (Å²) < 4.78 is 5.04. The first-order valence-electron chi connectivity index (χ1n) is 4.98. The van der Waals surface area contributed by atoms with E-state index < -0.39 is 0 Å². The van der Waals surface area contributed by atoms with Crippen molar-refractivity contribution in [3.63, 3.8) is 0 Å². The SMILES string of the molecule is COc1cc(CNc2cncc(Cl)n2)ccn1. The van der Waals surface area contributed by atoms with Gasteiger partial charge in [-0.05, 0) is 11.6 Å². The molecular formula is C11H11ClN4O. The van der Waals surface area contributed by atoms with Crippen molar-refractivity contribution in [1.29, 1.82) is 0 Å². The molecule has 6 heteroatoms. The van der Waals surface area contributed by atoms with Gasteiger partial charge in [-0.3, -0.25) is 4.98 Å². The molecule has 0 aliphatic heterocycles. The molecule has 0 atom stereocenters. The van der Waals surface area contributed by atoms with Crippen molar-refractivity contribution in [2.24, 2.45) is 0 Å². The molecule has 2 aromatic heterocycles. The Morgan fingerprint density at radius 2 is 2.29 bits per heavy atom. The van der Waals surface area contributed by atoms with Gasteiger partial charge in [0.1, 0.15) is 11.0 Å². The highest BCUT2D eigenvalue weighted by Crippen LogP contribution is 2.11. The highest BCUT2D eigenvalue weighted by molar-refractivity contribution is 6.29. The largest absolute Gasteiger partial charge is 0.481 e. The van der Waals surface area contributed by atoms with E-state index >= 15 is 0 Å². The first-order valence-corrected chi connectivity index (χ1v) is 5.36. The Bertz CT molecular complexity index is 506. The van der Waals surface area contributed by atoms with Crippen molar-refractivity contribution in [2.45, 2.75) is 6.54 Å². The van der Waals surface area contributed by atoms with Crippen LogP contribution in [0.1, 0.15) is 5.56 Å². The van der Waals surface area contributed by atoms with Gasteiger partial charge in [-0.15, -0.1) is 0 Å². The number of anilines is 1. The fourth-order valence-electron chi connectivity index (χ4n) is 1.29. The van der Waals surface area contributed by atoms with Crippen LogP contribution in [0.2, 0.25) is 5.15 Å². The number of halogens is 1. The first kappa shape index (κ1) is 11.6. The predicted octanol–water partition coefficient (Wildman–Crippen LogP) is 2.15. The van der Waals surface area contributed by atoms with Crippen molar-refractivity contribution >= 4 is 17.4 Å². The maximum atomic E-state index is 5.73. The number of nitrogens with one attached hydrogen (secondary N) is 1. The van der Waals surface area contributed by atoms with Crippen LogP contribution in [0.5, 0.6) is 5.88 Å². The quantitative estimate of drug-likeness (QED) is 0.901. The Morgan fingerprint density at radius 3 is 3.06 bits per heavy atom. The molecule has 0 amide bonds. The summed E-state index contributed by atoms with van der Waals surface area (Å²) in [5.41, 5.74) is 1.04. The van der Waals surface area contributed by atoms with Gasteiger partial charge in [0.05, 0.1) is 19.5 Å². The Morgan fingerprint density at radius 1 is 1.41 bits per heavy atom. The van der Waals surface area contributed by atoms with Crippen LogP contribution < -0.4 is 10.1 Å². The van der Waals surface area contributed by atoms with Gasteiger partial charge in [0, 0.05) is 18.8 Å². The topological polar surface area (TPSA) is 59.9 Å². The molecule has 0 unspecified atom stereocenters. The zero-order valence-corrected chi connectivity index (χ0v) is 9.98. The van der Waals surface area contributed by atoms with E-state index in [1.807, 2.05) is 12.1 Å². The Labute approximate surface area is 104 Å². The van der Waals surface area contributed by atoms with E-state index in [0.717, 1.165) is 5.56 Å². The highest BCUT2D eigenvalue weighted by Gasteiger charge is 1.99. The highest BCUT2D eigenvalue weighted by atomic mass is 35.5. The second-order valence-electron chi connectivity index (χ2n) is 3.29. The van der Waals surface area contributed by atoms with Gasteiger partial charge >= 0.3 is 0 Å². The van der Waals surface area contributed by atoms with E-state index in [4.69, 9.17) is 16.3 Å². The number of methoxy groups -OCH3 is 1. The van der Waals surface area contributed by atoms with Crippen molar-refractivity contribution in [2.75, 3.05) is 12.4 Å². The van der Waals surface area contributed by atoms with Crippen LogP contribution in [0, 0.1) is 0 Å². The number of hydrogen-bond donors (Lipinski definition) is 1. The number of aromatic nitrogens is 3. The molecule has 2 aromatic rings. The molecule has 0 spiro atoms. The maximum Gasteiger partial charge on any atom is 0.213 e. The van der Waals surface area contributed by atoms with E-state index in [2.05, 4.69) is 20.3 Å². The molecule has 2 heterocycles. The van der Waals surface area contributed by atoms with E-state index in [0.29, 0.717) is 23.4 Å². The van der Waals surface area contributed by atoms with Crippen LogP contribution in [0.15, 0.2) is 30.7 Å².